The number of benzene rings is 1. The van der Waals surface area contributed by atoms with Crippen molar-refractivity contribution in [2.45, 2.75) is 45.2 Å². The first kappa shape index (κ1) is 18.0. The van der Waals surface area contributed by atoms with Crippen LogP contribution >= 0.6 is 0 Å². The van der Waals surface area contributed by atoms with Crippen LogP contribution in [0.4, 0.5) is 4.79 Å². The molecule has 2 fully saturated rings. The zero-order valence-electron chi connectivity index (χ0n) is 16.0. The number of carbonyl (C=O) groups is 1. The lowest BCUT2D eigenvalue weighted by Gasteiger charge is -2.46. The SMILES string of the molecule is Cc1cccc(-c2noc(C(C)NC(=O)N3CC(N4CCCCC4)C3)n2)c1. The number of aromatic nitrogens is 2. The molecule has 1 atom stereocenters. The molecule has 2 aliphatic heterocycles. The van der Waals surface area contributed by atoms with E-state index in [1.54, 1.807) is 0 Å². The van der Waals surface area contributed by atoms with Crippen LogP contribution in [0, 0.1) is 6.92 Å². The van der Waals surface area contributed by atoms with Crippen LogP contribution in [0.1, 0.15) is 43.7 Å². The number of amides is 2. The molecule has 3 heterocycles. The summed E-state index contributed by atoms with van der Waals surface area (Å²) in [4.78, 5) is 21.3. The molecule has 4 rings (SSSR count). The second-order valence-electron chi connectivity index (χ2n) is 7.65. The van der Waals surface area contributed by atoms with Crippen LogP contribution in [-0.4, -0.2) is 58.2 Å². The fraction of sp³-hybridized carbons (Fsp3) is 0.550. The molecule has 7 nitrogen and oxygen atoms in total. The quantitative estimate of drug-likeness (QED) is 0.897. The Hall–Kier alpha value is -2.41. The first-order valence-electron chi connectivity index (χ1n) is 9.80. The number of urea groups is 1. The Bertz CT molecular complexity index is 793. The van der Waals surface area contributed by atoms with E-state index in [0.717, 1.165) is 24.2 Å². The predicted molar refractivity (Wildman–Crippen MR) is 102 cm³/mol. The van der Waals surface area contributed by atoms with Gasteiger partial charge in [0.1, 0.15) is 6.04 Å². The highest BCUT2D eigenvalue weighted by Crippen LogP contribution is 2.22. The highest BCUT2D eigenvalue weighted by Gasteiger charge is 2.35. The predicted octanol–water partition coefficient (Wildman–Crippen LogP) is 2.99. The van der Waals surface area contributed by atoms with Gasteiger partial charge in [0.25, 0.3) is 0 Å². The lowest BCUT2D eigenvalue weighted by molar-refractivity contribution is 0.0440. The molecule has 0 radical (unpaired) electrons. The minimum absolute atomic E-state index is 0.0638. The molecule has 0 saturated carbocycles. The summed E-state index contributed by atoms with van der Waals surface area (Å²) in [6.45, 7) is 7.83. The van der Waals surface area contributed by atoms with Crippen molar-refractivity contribution >= 4 is 6.03 Å². The fourth-order valence-electron chi connectivity index (χ4n) is 3.79. The maximum absolute atomic E-state index is 12.5. The third kappa shape index (κ3) is 3.98. The zero-order chi connectivity index (χ0) is 18.8. The van der Waals surface area contributed by atoms with Gasteiger partial charge in [0.2, 0.25) is 11.7 Å². The third-order valence-corrected chi connectivity index (χ3v) is 5.48. The van der Waals surface area contributed by atoms with Gasteiger partial charge in [-0.05, 0) is 45.8 Å². The van der Waals surface area contributed by atoms with Gasteiger partial charge >= 0.3 is 6.03 Å². The third-order valence-electron chi connectivity index (χ3n) is 5.48. The van der Waals surface area contributed by atoms with E-state index < -0.39 is 0 Å². The highest BCUT2D eigenvalue weighted by molar-refractivity contribution is 5.75. The van der Waals surface area contributed by atoms with Gasteiger partial charge in [0, 0.05) is 24.7 Å². The van der Waals surface area contributed by atoms with Crippen LogP contribution in [0.5, 0.6) is 0 Å². The first-order valence-corrected chi connectivity index (χ1v) is 9.80. The van der Waals surface area contributed by atoms with Crippen LogP contribution in [0.3, 0.4) is 0 Å². The van der Waals surface area contributed by atoms with E-state index >= 15 is 0 Å². The maximum atomic E-state index is 12.5. The molecule has 2 aliphatic rings. The van der Waals surface area contributed by atoms with E-state index in [0.29, 0.717) is 17.8 Å². The summed E-state index contributed by atoms with van der Waals surface area (Å²) in [5.74, 6) is 0.969. The number of rotatable bonds is 4. The second-order valence-corrected chi connectivity index (χ2v) is 7.65. The van der Waals surface area contributed by atoms with Crippen LogP contribution in [0.15, 0.2) is 28.8 Å². The number of aryl methyl sites for hydroxylation is 1. The number of hydrogen-bond donors (Lipinski definition) is 1. The Kier molecular flexibility index (Phi) is 5.11. The fourth-order valence-corrected chi connectivity index (χ4v) is 3.79. The molecule has 1 N–H and O–H groups in total. The van der Waals surface area contributed by atoms with E-state index in [1.807, 2.05) is 43.0 Å². The summed E-state index contributed by atoms with van der Waals surface area (Å²) >= 11 is 0. The maximum Gasteiger partial charge on any atom is 0.318 e. The van der Waals surface area contributed by atoms with E-state index in [9.17, 15) is 4.79 Å². The number of nitrogens with one attached hydrogen (secondary N) is 1. The summed E-state index contributed by atoms with van der Waals surface area (Å²) in [5, 5.41) is 7.02. The van der Waals surface area contributed by atoms with Crippen molar-refractivity contribution in [3.05, 3.63) is 35.7 Å². The Balaban J connectivity index is 1.30. The minimum Gasteiger partial charge on any atom is -0.337 e. The van der Waals surface area contributed by atoms with E-state index in [-0.39, 0.29) is 12.1 Å². The average Bonchev–Trinajstić information content (AvgIpc) is 3.12. The monoisotopic (exact) mass is 369 g/mol. The molecule has 27 heavy (non-hydrogen) atoms. The lowest BCUT2D eigenvalue weighted by atomic mass is 10.0. The number of hydrogen-bond acceptors (Lipinski definition) is 5. The van der Waals surface area contributed by atoms with E-state index in [2.05, 4.69) is 20.4 Å². The van der Waals surface area contributed by atoms with Crippen LogP contribution < -0.4 is 5.32 Å². The Morgan fingerprint density at radius 2 is 2.04 bits per heavy atom. The van der Waals surface area contributed by atoms with Crippen LogP contribution in [0.2, 0.25) is 0 Å². The summed E-state index contributed by atoms with van der Waals surface area (Å²) < 4.78 is 5.37. The van der Waals surface area contributed by atoms with Gasteiger partial charge < -0.3 is 14.7 Å². The number of carbonyl (C=O) groups excluding carboxylic acids is 1. The molecule has 0 spiro atoms. The van der Waals surface area contributed by atoms with Gasteiger partial charge in [-0.15, -0.1) is 0 Å². The largest absolute Gasteiger partial charge is 0.337 e. The molecule has 1 aromatic carbocycles. The molecule has 7 heteroatoms. The van der Waals surface area contributed by atoms with Gasteiger partial charge in [-0.2, -0.15) is 4.98 Å². The van der Waals surface area contributed by atoms with Crippen LogP contribution in [-0.2, 0) is 0 Å². The smallest absolute Gasteiger partial charge is 0.318 e. The van der Waals surface area contributed by atoms with Gasteiger partial charge in [-0.1, -0.05) is 35.3 Å². The standard InChI is InChI=1S/C20H27N5O2/c1-14-7-6-8-16(11-14)18-22-19(27-23-18)15(2)21-20(26)25-12-17(13-25)24-9-4-3-5-10-24/h6-8,11,15,17H,3-5,9-10,12-13H2,1-2H3,(H,21,26). The summed E-state index contributed by atoms with van der Waals surface area (Å²) in [7, 11) is 0. The zero-order valence-corrected chi connectivity index (χ0v) is 16.0. The van der Waals surface area contributed by atoms with E-state index in [4.69, 9.17) is 4.52 Å². The molecule has 2 saturated heterocycles. The minimum atomic E-state index is -0.322. The molecular weight excluding hydrogens is 342 g/mol. The first-order chi connectivity index (χ1) is 13.1. The van der Waals surface area contributed by atoms with Crippen LogP contribution in [0.25, 0.3) is 11.4 Å². The van der Waals surface area contributed by atoms with Crippen molar-refractivity contribution in [3.8, 4) is 11.4 Å². The van der Waals surface area contributed by atoms with E-state index in [1.165, 1.54) is 32.4 Å². The molecule has 2 aromatic rings. The molecule has 2 amide bonds. The van der Waals surface area contributed by atoms with Crippen molar-refractivity contribution in [2.24, 2.45) is 0 Å². The molecule has 0 aliphatic carbocycles. The topological polar surface area (TPSA) is 74.5 Å². The molecule has 1 unspecified atom stereocenters. The van der Waals surface area contributed by atoms with Crippen molar-refractivity contribution in [3.63, 3.8) is 0 Å². The molecular formula is C20H27N5O2. The molecule has 1 aromatic heterocycles. The van der Waals surface area contributed by atoms with Crippen molar-refractivity contribution in [2.75, 3.05) is 26.2 Å². The van der Waals surface area contributed by atoms with Crippen molar-refractivity contribution in [1.82, 2.24) is 25.3 Å². The van der Waals surface area contributed by atoms with Gasteiger partial charge in [0.05, 0.1) is 0 Å². The van der Waals surface area contributed by atoms with Gasteiger partial charge in [-0.25, -0.2) is 4.79 Å². The molecule has 144 valence electrons. The number of piperidine rings is 1. The summed E-state index contributed by atoms with van der Waals surface area (Å²) in [6, 6.07) is 8.09. The second kappa shape index (κ2) is 7.68. The summed E-state index contributed by atoms with van der Waals surface area (Å²) in [5.41, 5.74) is 2.05. The Morgan fingerprint density at radius 3 is 2.78 bits per heavy atom. The van der Waals surface area contributed by atoms with Crippen molar-refractivity contribution < 1.29 is 9.32 Å². The number of nitrogens with zero attached hydrogens (tertiary/aromatic N) is 4. The lowest BCUT2D eigenvalue weighted by Crippen LogP contribution is -2.63. The molecule has 0 bridgehead atoms. The van der Waals surface area contributed by atoms with Gasteiger partial charge in [0.15, 0.2) is 0 Å². The Labute approximate surface area is 159 Å². The summed E-state index contributed by atoms with van der Waals surface area (Å²) in [6.07, 6.45) is 3.89. The van der Waals surface area contributed by atoms with Gasteiger partial charge in [-0.3, -0.25) is 4.90 Å². The normalized spacial score (nSPS) is 19.6. The number of likely N-dealkylation sites (tertiary alicyclic amines) is 2. The average molecular weight is 369 g/mol. The Morgan fingerprint density at radius 1 is 1.26 bits per heavy atom. The van der Waals surface area contributed by atoms with Crippen molar-refractivity contribution in [1.29, 1.82) is 0 Å². The highest BCUT2D eigenvalue weighted by atomic mass is 16.5.